The van der Waals surface area contributed by atoms with E-state index in [0.29, 0.717) is 13.1 Å². The predicted molar refractivity (Wildman–Crippen MR) is 92.5 cm³/mol. The van der Waals surface area contributed by atoms with Gasteiger partial charge in [0.15, 0.2) is 9.84 Å². The van der Waals surface area contributed by atoms with Crippen molar-refractivity contribution in [2.75, 3.05) is 51.7 Å². The van der Waals surface area contributed by atoms with Gasteiger partial charge in [-0.05, 0) is 25.2 Å². The van der Waals surface area contributed by atoms with Gasteiger partial charge >= 0.3 is 0 Å². The van der Waals surface area contributed by atoms with Crippen molar-refractivity contribution >= 4 is 15.7 Å². The zero-order chi connectivity index (χ0) is 17.4. The van der Waals surface area contributed by atoms with Gasteiger partial charge in [0.2, 0.25) is 5.91 Å². The van der Waals surface area contributed by atoms with Crippen molar-refractivity contribution in [1.82, 2.24) is 9.80 Å². The maximum absolute atomic E-state index is 12.7. The van der Waals surface area contributed by atoms with Crippen molar-refractivity contribution < 1.29 is 17.9 Å². The summed E-state index contributed by atoms with van der Waals surface area (Å²) in [6, 6.07) is 0. The van der Waals surface area contributed by atoms with E-state index in [9.17, 15) is 13.2 Å². The maximum atomic E-state index is 12.7. The summed E-state index contributed by atoms with van der Waals surface area (Å²) < 4.78 is 30.1. The Balaban J connectivity index is 1.68. The number of likely N-dealkylation sites (tertiary alicyclic amines) is 1. The Bertz CT molecular complexity index is 561. The monoisotopic (exact) mass is 358 g/mol. The van der Waals surface area contributed by atoms with E-state index in [1.54, 1.807) is 4.90 Å². The minimum absolute atomic E-state index is 0.0316. The fourth-order valence-corrected chi connectivity index (χ4v) is 6.88. The molecule has 3 rings (SSSR count). The highest BCUT2D eigenvalue weighted by atomic mass is 32.2. The van der Waals surface area contributed by atoms with E-state index in [2.05, 4.69) is 4.90 Å². The standard InChI is InChI=1S/C17H30N2O4S/c1-3-14(4-2)16(20)19-12-17(13-19)15(5-10-24(17,21)22)11-18-6-8-23-9-7-18/h14-15H,3-13H2,1-2H3. The van der Waals surface area contributed by atoms with Crippen molar-refractivity contribution in [3.8, 4) is 0 Å². The van der Waals surface area contributed by atoms with Gasteiger partial charge in [0.05, 0.1) is 19.0 Å². The maximum Gasteiger partial charge on any atom is 0.225 e. The average Bonchev–Trinajstić information content (AvgIpc) is 2.79. The number of morpholine rings is 1. The van der Waals surface area contributed by atoms with Gasteiger partial charge in [0.25, 0.3) is 0 Å². The lowest BCUT2D eigenvalue weighted by atomic mass is 9.81. The van der Waals surface area contributed by atoms with Crippen LogP contribution in [0.1, 0.15) is 33.1 Å². The molecule has 0 aliphatic carbocycles. The Kier molecular flexibility index (Phi) is 5.23. The molecule has 1 unspecified atom stereocenters. The molecule has 3 aliphatic heterocycles. The third kappa shape index (κ3) is 2.99. The van der Waals surface area contributed by atoms with E-state index in [1.807, 2.05) is 13.8 Å². The number of sulfone groups is 1. The summed E-state index contributed by atoms with van der Waals surface area (Å²) in [5, 5.41) is 0. The van der Waals surface area contributed by atoms with E-state index < -0.39 is 14.6 Å². The van der Waals surface area contributed by atoms with Crippen molar-refractivity contribution in [2.45, 2.75) is 37.9 Å². The van der Waals surface area contributed by atoms with Crippen LogP contribution >= 0.6 is 0 Å². The first-order chi connectivity index (χ1) is 11.4. The molecule has 0 bridgehead atoms. The van der Waals surface area contributed by atoms with Crippen molar-refractivity contribution in [3.05, 3.63) is 0 Å². The molecular weight excluding hydrogens is 328 g/mol. The number of hydrogen-bond acceptors (Lipinski definition) is 5. The number of ether oxygens (including phenoxy) is 1. The zero-order valence-electron chi connectivity index (χ0n) is 14.9. The molecule has 3 heterocycles. The number of carbonyl (C=O) groups excluding carboxylic acids is 1. The van der Waals surface area contributed by atoms with E-state index in [0.717, 1.165) is 52.1 Å². The van der Waals surface area contributed by atoms with Crippen LogP contribution in [0, 0.1) is 11.8 Å². The Morgan fingerprint density at radius 2 is 1.83 bits per heavy atom. The Morgan fingerprint density at radius 3 is 2.42 bits per heavy atom. The Labute approximate surface area is 145 Å². The van der Waals surface area contributed by atoms with Gasteiger partial charge in [-0.3, -0.25) is 9.69 Å². The quantitative estimate of drug-likeness (QED) is 0.726. The lowest BCUT2D eigenvalue weighted by Gasteiger charge is -2.51. The predicted octanol–water partition coefficient (Wildman–Crippen LogP) is 0.771. The normalized spacial score (nSPS) is 29.1. The largest absolute Gasteiger partial charge is 0.379 e. The number of hydrogen-bond donors (Lipinski definition) is 0. The second kappa shape index (κ2) is 6.92. The van der Waals surface area contributed by atoms with Gasteiger partial charge in [-0.25, -0.2) is 8.42 Å². The van der Waals surface area contributed by atoms with Crippen LogP contribution in [0.2, 0.25) is 0 Å². The molecule has 1 atom stereocenters. The SMILES string of the molecule is CCC(CC)C(=O)N1CC2(C1)C(CN1CCOCC1)CCS2(=O)=O. The van der Waals surface area contributed by atoms with Crippen LogP contribution < -0.4 is 0 Å². The highest BCUT2D eigenvalue weighted by Gasteiger charge is 2.62. The summed E-state index contributed by atoms with van der Waals surface area (Å²) in [6.45, 7) is 8.88. The summed E-state index contributed by atoms with van der Waals surface area (Å²) >= 11 is 0. The molecule has 0 aromatic rings. The molecule has 24 heavy (non-hydrogen) atoms. The van der Waals surface area contributed by atoms with Crippen LogP contribution in [0.3, 0.4) is 0 Å². The summed E-state index contributed by atoms with van der Waals surface area (Å²) in [5.74, 6) is 0.586. The van der Waals surface area contributed by atoms with Gasteiger partial charge < -0.3 is 9.64 Å². The van der Waals surface area contributed by atoms with Crippen molar-refractivity contribution in [1.29, 1.82) is 0 Å². The fraction of sp³-hybridized carbons (Fsp3) is 0.941. The Hall–Kier alpha value is -0.660. The molecule has 3 fully saturated rings. The average molecular weight is 359 g/mol. The minimum atomic E-state index is -3.11. The molecule has 3 aliphatic rings. The number of amides is 1. The summed E-state index contributed by atoms with van der Waals surface area (Å²) in [7, 11) is -3.11. The molecule has 1 amide bonds. The first-order valence-corrected chi connectivity index (χ1v) is 10.9. The van der Waals surface area contributed by atoms with Crippen LogP contribution in [0.25, 0.3) is 0 Å². The molecule has 1 spiro atoms. The van der Waals surface area contributed by atoms with E-state index in [4.69, 9.17) is 4.74 Å². The van der Waals surface area contributed by atoms with E-state index in [1.165, 1.54) is 0 Å². The minimum Gasteiger partial charge on any atom is -0.379 e. The topological polar surface area (TPSA) is 66.9 Å². The molecule has 7 heteroatoms. The van der Waals surface area contributed by atoms with Gasteiger partial charge in [-0.15, -0.1) is 0 Å². The lowest BCUT2D eigenvalue weighted by Crippen LogP contribution is -2.70. The molecule has 6 nitrogen and oxygen atoms in total. The first-order valence-electron chi connectivity index (χ1n) is 9.24. The van der Waals surface area contributed by atoms with Crippen LogP contribution in [0.5, 0.6) is 0 Å². The van der Waals surface area contributed by atoms with Crippen molar-refractivity contribution in [2.24, 2.45) is 11.8 Å². The van der Waals surface area contributed by atoms with Crippen LogP contribution in [-0.4, -0.2) is 80.6 Å². The van der Waals surface area contributed by atoms with Gasteiger partial charge in [-0.2, -0.15) is 0 Å². The number of rotatable bonds is 5. The molecular formula is C17H30N2O4S. The molecule has 0 N–H and O–H groups in total. The van der Waals surface area contributed by atoms with Crippen LogP contribution in [-0.2, 0) is 19.4 Å². The molecule has 138 valence electrons. The van der Waals surface area contributed by atoms with Crippen molar-refractivity contribution in [3.63, 3.8) is 0 Å². The van der Waals surface area contributed by atoms with Gasteiger partial charge in [-0.1, -0.05) is 13.8 Å². The van der Waals surface area contributed by atoms with Crippen LogP contribution in [0.4, 0.5) is 0 Å². The number of carbonyl (C=O) groups is 1. The highest BCUT2D eigenvalue weighted by Crippen LogP contribution is 2.45. The fourth-order valence-electron chi connectivity index (χ4n) is 4.48. The molecule has 0 radical (unpaired) electrons. The molecule has 0 aromatic carbocycles. The number of nitrogens with zero attached hydrogens (tertiary/aromatic N) is 2. The van der Waals surface area contributed by atoms with Crippen LogP contribution in [0.15, 0.2) is 0 Å². The van der Waals surface area contributed by atoms with E-state index >= 15 is 0 Å². The third-order valence-corrected chi connectivity index (χ3v) is 8.85. The molecule has 3 saturated heterocycles. The molecule has 0 saturated carbocycles. The summed E-state index contributed by atoms with van der Waals surface area (Å²) in [6.07, 6.45) is 2.37. The molecule has 0 aromatic heterocycles. The zero-order valence-corrected chi connectivity index (χ0v) is 15.7. The highest BCUT2D eigenvalue weighted by molar-refractivity contribution is 7.93. The smallest absolute Gasteiger partial charge is 0.225 e. The second-order valence-electron chi connectivity index (χ2n) is 7.49. The third-order valence-electron chi connectivity index (χ3n) is 6.24. The van der Waals surface area contributed by atoms with Gasteiger partial charge in [0, 0.05) is 38.6 Å². The van der Waals surface area contributed by atoms with E-state index in [-0.39, 0.29) is 23.5 Å². The Morgan fingerprint density at radius 1 is 1.21 bits per heavy atom. The van der Waals surface area contributed by atoms with Gasteiger partial charge in [0.1, 0.15) is 4.75 Å². The first kappa shape index (κ1) is 18.1. The second-order valence-corrected chi connectivity index (χ2v) is 9.94. The summed E-state index contributed by atoms with van der Waals surface area (Å²) in [4.78, 5) is 16.6. The summed E-state index contributed by atoms with van der Waals surface area (Å²) in [5.41, 5.74) is 0. The lowest BCUT2D eigenvalue weighted by molar-refractivity contribution is -0.142.